The summed E-state index contributed by atoms with van der Waals surface area (Å²) in [7, 11) is 0. The van der Waals surface area contributed by atoms with Gasteiger partial charge in [0.15, 0.2) is 0 Å². The van der Waals surface area contributed by atoms with Crippen LogP contribution in [-0.4, -0.2) is 33.1 Å². The molecule has 3 aliphatic rings. The molecule has 30 heavy (non-hydrogen) atoms. The second kappa shape index (κ2) is 9.30. The molecule has 0 bridgehead atoms. The molecule has 0 saturated heterocycles. The summed E-state index contributed by atoms with van der Waals surface area (Å²) in [5.41, 5.74) is 3.34. The molecule has 0 radical (unpaired) electrons. The van der Waals surface area contributed by atoms with E-state index >= 15 is 0 Å². The zero-order valence-electron chi connectivity index (χ0n) is 19.7. The van der Waals surface area contributed by atoms with Crippen LogP contribution < -0.4 is 0 Å². The SMILES string of the molecule is C=C1CCC(O)CC1=CC=C1CCC[C@@]2(C)C1CCC2C(C)CCC(O)C(C)(C)O. The minimum Gasteiger partial charge on any atom is -0.393 e. The van der Waals surface area contributed by atoms with Crippen molar-refractivity contribution in [1.82, 2.24) is 0 Å². The van der Waals surface area contributed by atoms with Crippen LogP contribution in [0.1, 0.15) is 91.9 Å². The van der Waals surface area contributed by atoms with E-state index < -0.39 is 11.7 Å². The molecule has 6 atom stereocenters. The highest BCUT2D eigenvalue weighted by molar-refractivity contribution is 5.36. The number of aliphatic hydroxyl groups excluding tert-OH is 2. The summed E-state index contributed by atoms with van der Waals surface area (Å²) in [6, 6.07) is 0. The largest absolute Gasteiger partial charge is 0.393 e. The first-order chi connectivity index (χ1) is 14.0. The highest BCUT2D eigenvalue weighted by Crippen LogP contribution is 2.60. The molecule has 0 spiro atoms. The van der Waals surface area contributed by atoms with Crippen molar-refractivity contribution in [2.24, 2.45) is 23.2 Å². The molecular formula is C27H44O3. The summed E-state index contributed by atoms with van der Waals surface area (Å²) in [5, 5.41) is 30.3. The summed E-state index contributed by atoms with van der Waals surface area (Å²) in [5.74, 6) is 1.89. The van der Waals surface area contributed by atoms with Crippen LogP contribution in [0.15, 0.2) is 35.5 Å². The third kappa shape index (κ3) is 5.11. The van der Waals surface area contributed by atoms with E-state index in [2.05, 4.69) is 32.6 Å². The molecule has 0 aromatic heterocycles. The number of hydrogen-bond acceptors (Lipinski definition) is 3. The number of rotatable bonds is 6. The minimum atomic E-state index is -1.02. The van der Waals surface area contributed by atoms with E-state index in [-0.39, 0.29) is 6.10 Å². The number of aliphatic hydroxyl groups is 3. The molecule has 170 valence electrons. The maximum atomic E-state index is 10.3. The van der Waals surface area contributed by atoms with Gasteiger partial charge in [0.05, 0.1) is 17.8 Å². The fraction of sp³-hybridized carbons (Fsp3) is 0.778. The van der Waals surface area contributed by atoms with Crippen LogP contribution >= 0.6 is 0 Å². The van der Waals surface area contributed by atoms with E-state index in [9.17, 15) is 15.3 Å². The van der Waals surface area contributed by atoms with Gasteiger partial charge in [0.2, 0.25) is 0 Å². The predicted molar refractivity (Wildman–Crippen MR) is 124 cm³/mol. The number of hydrogen-bond donors (Lipinski definition) is 3. The van der Waals surface area contributed by atoms with Crippen molar-refractivity contribution in [2.75, 3.05) is 0 Å². The van der Waals surface area contributed by atoms with Crippen LogP contribution in [0, 0.1) is 23.2 Å². The van der Waals surface area contributed by atoms with Crippen LogP contribution in [0.5, 0.6) is 0 Å². The summed E-state index contributed by atoms with van der Waals surface area (Å²) in [4.78, 5) is 0. The Kier molecular flexibility index (Phi) is 7.37. The van der Waals surface area contributed by atoms with Gasteiger partial charge in [-0.15, -0.1) is 0 Å². The fourth-order valence-corrected chi connectivity index (χ4v) is 6.58. The minimum absolute atomic E-state index is 0.215. The molecule has 3 fully saturated rings. The van der Waals surface area contributed by atoms with Crippen LogP contribution in [-0.2, 0) is 0 Å². The lowest BCUT2D eigenvalue weighted by atomic mass is 9.60. The molecule has 0 heterocycles. The molecule has 0 aromatic rings. The normalized spacial score (nSPS) is 37.4. The molecule has 0 aromatic carbocycles. The summed E-state index contributed by atoms with van der Waals surface area (Å²) < 4.78 is 0. The predicted octanol–water partition coefficient (Wildman–Crippen LogP) is 5.70. The van der Waals surface area contributed by atoms with Crippen LogP contribution in [0.2, 0.25) is 0 Å². The van der Waals surface area contributed by atoms with Crippen molar-refractivity contribution in [3.8, 4) is 0 Å². The van der Waals surface area contributed by atoms with Gasteiger partial charge < -0.3 is 15.3 Å². The Balaban J connectivity index is 1.69. The monoisotopic (exact) mass is 416 g/mol. The lowest BCUT2D eigenvalue weighted by Gasteiger charge is -2.44. The fourth-order valence-electron chi connectivity index (χ4n) is 6.58. The quantitative estimate of drug-likeness (QED) is 0.520. The zero-order valence-corrected chi connectivity index (χ0v) is 19.7. The standard InChI is InChI=1S/C27H44O3/c1-18-8-12-22(28)17-21(18)11-10-20-7-6-16-27(5)23(13-14-24(20)27)19(2)9-15-25(29)26(3,4)30/h10-11,19,22-25,28-30H,1,6-9,12-17H2,2-5H3/t19?,22?,23?,24?,25?,27-/m1/s1. The van der Waals surface area contributed by atoms with E-state index in [4.69, 9.17) is 0 Å². The highest BCUT2D eigenvalue weighted by atomic mass is 16.3. The molecule has 3 rings (SSSR count). The average molecular weight is 417 g/mol. The van der Waals surface area contributed by atoms with Gasteiger partial charge in [0.25, 0.3) is 0 Å². The van der Waals surface area contributed by atoms with E-state index in [1.165, 1.54) is 43.3 Å². The summed E-state index contributed by atoms with van der Waals surface area (Å²) in [6.45, 7) is 12.5. The molecule has 0 amide bonds. The van der Waals surface area contributed by atoms with Crippen LogP contribution in [0.4, 0.5) is 0 Å². The Morgan fingerprint density at radius 2 is 1.90 bits per heavy atom. The van der Waals surface area contributed by atoms with Gasteiger partial charge in [-0.2, -0.15) is 0 Å². The Morgan fingerprint density at radius 3 is 2.60 bits per heavy atom. The lowest BCUT2D eigenvalue weighted by Crippen LogP contribution is -2.38. The smallest absolute Gasteiger partial charge is 0.0849 e. The molecule has 3 N–H and O–H groups in total. The van der Waals surface area contributed by atoms with Gasteiger partial charge in [-0.25, -0.2) is 0 Å². The topological polar surface area (TPSA) is 60.7 Å². The van der Waals surface area contributed by atoms with E-state index in [1.807, 2.05) is 0 Å². The van der Waals surface area contributed by atoms with Crippen molar-refractivity contribution in [1.29, 1.82) is 0 Å². The summed E-state index contributed by atoms with van der Waals surface area (Å²) in [6.07, 6.45) is 14.1. The van der Waals surface area contributed by atoms with Crippen molar-refractivity contribution < 1.29 is 15.3 Å². The van der Waals surface area contributed by atoms with Crippen LogP contribution in [0.25, 0.3) is 0 Å². The zero-order chi connectivity index (χ0) is 22.1. The van der Waals surface area contributed by atoms with Crippen molar-refractivity contribution >= 4 is 0 Å². The van der Waals surface area contributed by atoms with Crippen molar-refractivity contribution in [3.05, 3.63) is 35.5 Å². The van der Waals surface area contributed by atoms with Gasteiger partial charge in [0, 0.05) is 0 Å². The van der Waals surface area contributed by atoms with Gasteiger partial charge in [-0.1, -0.05) is 43.7 Å². The number of allylic oxidation sites excluding steroid dienone is 4. The van der Waals surface area contributed by atoms with E-state index in [1.54, 1.807) is 19.4 Å². The van der Waals surface area contributed by atoms with Gasteiger partial charge in [-0.05, 0) is 107 Å². The average Bonchev–Trinajstić information content (AvgIpc) is 3.03. The Labute approximate surface area is 184 Å². The molecule has 3 nitrogen and oxygen atoms in total. The Hall–Kier alpha value is -0.900. The molecule has 0 aliphatic heterocycles. The first-order valence-corrected chi connectivity index (χ1v) is 12.2. The highest BCUT2D eigenvalue weighted by Gasteiger charge is 2.50. The Bertz CT molecular complexity index is 683. The van der Waals surface area contributed by atoms with E-state index in [0.29, 0.717) is 29.6 Å². The van der Waals surface area contributed by atoms with Gasteiger partial charge in [0.1, 0.15) is 0 Å². The second-order valence-corrected chi connectivity index (χ2v) is 11.3. The van der Waals surface area contributed by atoms with Gasteiger partial charge in [-0.3, -0.25) is 0 Å². The van der Waals surface area contributed by atoms with E-state index in [0.717, 1.165) is 25.7 Å². The third-order valence-corrected chi connectivity index (χ3v) is 8.62. The maximum absolute atomic E-state index is 10.3. The first kappa shape index (κ1) is 23.8. The first-order valence-electron chi connectivity index (χ1n) is 12.2. The van der Waals surface area contributed by atoms with Gasteiger partial charge >= 0.3 is 0 Å². The molecule has 5 unspecified atom stereocenters. The van der Waals surface area contributed by atoms with Crippen molar-refractivity contribution in [3.63, 3.8) is 0 Å². The number of fused-ring (bicyclic) bond motifs is 1. The molecule has 3 aliphatic carbocycles. The lowest BCUT2D eigenvalue weighted by molar-refractivity contribution is -0.0554. The second-order valence-electron chi connectivity index (χ2n) is 11.3. The van der Waals surface area contributed by atoms with Crippen molar-refractivity contribution in [2.45, 2.75) is 110 Å². The van der Waals surface area contributed by atoms with Crippen LogP contribution in [0.3, 0.4) is 0 Å². The maximum Gasteiger partial charge on any atom is 0.0849 e. The molecule has 3 saturated carbocycles. The molecule has 3 heteroatoms. The molecular weight excluding hydrogens is 372 g/mol. The third-order valence-electron chi connectivity index (χ3n) is 8.62. The summed E-state index contributed by atoms with van der Waals surface area (Å²) >= 11 is 0. The Morgan fingerprint density at radius 1 is 1.17 bits per heavy atom.